The summed E-state index contributed by atoms with van der Waals surface area (Å²) in [6.07, 6.45) is 0. The molecule has 0 atom stereocenters. The van der Waals surface area contributed by atoms with E-state index in [1.54, 1.807) is 18.2 Å². The predicted octanol–water partition coefficient (Wildman–Crippen LogP) is 1.28. The van der Waals surface area contributed by atoms with Gasteiger partial charge < -0.3 is 16.4 Å². The first-order valence-corrected chi connectivity index (χ1v) is 6.32. The van der Waals surface area contributed by atoms with Gasteiger partial charge in [-0.3, -0.25) is 9.59 Å². The van der Waals surface area contributed by atoms with Gasteiger partial charge >= 0.3 is 0 Å². The average molecular weight is 263 g/mol. The molecule has 5 nitrogen and oxygen atoms in total. The highest BCUT2D eigenvalue weighted by molar-refractivity contribution is 5.96. The van der Waals surface area contributed by atoms with Gasteiger partial charge in [-0.1, -0.05) is 13.8 Å². The molecular weight excluding hydrogens is 242 g/mol. The van der Waals surface area contributed by atoms with Crippen molar-refractivity contribution in [2.75, 3.05) is 18.4 Å². The number of anilines is 1. The second kappa shape index (κ2) is 6.89. The fourth-order valence-electron chi connectivity index (χ4n) is 1.55. The summed E-state index contributed by atoms with van der Waals surface area (Å²) in [5.74, 6) is 0.0572. The highest BCUT2D eigenvalue weighted by Gasteiger charge is 2.09. The third kappa shape index (κ3) is 4.71. The largest absolute Gasteiger partial charge is 0.352 e. The van der Waals surface area contributed by atoms with Gasteiger partial charge in [0, 0.05) is 17.8 Å². The Balaban J connectivity index is 2.76. The number of carbonyl (C=O) groups is 2. The standard InChI is InChI=1S/C14H21N3O2/c1-9(2)8-16-14(19)11-4-5-12(10(3)6-11)17-13(18)7-15/h4-6,9H,7-8,15H2,1-3H3,(H,16,19)(H,17,18). The van der Waals surface area contributed by atoms with Crippen molar-refractivity contribution in [1.29, 1.82) is 0 Å². The summed E-state index contributed by atoms with van der Waals surface area (Å²) < 4.78 is 0. The van der Waals surface area contributed by atoms with Gasteiger partial charge in [0.1, 0.15) is 0 Å². The molecule has 1 aromatic carbocycles. The Morgan fingerprint density at radius 2 is 2.00 bits per heavy atom. The summed E-state index contributed by atoms with van der Waals surface area (Å²) in [5.41, 5.74) is 7.34. The molecule has 5 heteroatoms. The first-order valence-electron chi connectivity index (χ1n) is 6.32. The van der Waals surface area contributed by atoms with E-state index in [1.807, 2.05) is 20.8 Å². The van der Waals surface area contributed by atoms with Crippen molar-refractivity contribution in [2.45, 2.75) is 20.8 Å². The van der Waals surface area contributed by atoms with Crippen LogP contribution in [0.4, 0.5) is 5.69 Å². The van der Waals surface area contributed by atoms with E-state index in [2.05, 4.69) is 10.6 Å². The molecule has 0 aromatic heterocycles. The third-order valence-corrected chi connectivity index (χ3v) is 2.62. The minimum absolute atomic E-state index is 0.0595. The van der Waals surface area contributed by atoms with Crippen molar-refractivity contribution in [3.63, 3.8) is 0 Å². The van der Waals surface area contributed by atoms with Crippen LogP contribution in [0.5, 0.6) is 0 Å². The van der Waals surface area contributed by atoms with E-state index in [0.29, 0.717) is 23.7 Å². The molecule has 0 saturated carbocycles. The van der Waals surface area contributed by atoms with Crippen molar-refractivity contribution in [2.24, 2.45) is 11.7 Å². The number of aryl methyl sites for hydroxylation is 1. The average Bonchev–Trinajstić information content (AvgIpc) is 2.37. The van der Waals surface area contributed by atoms with Crippen molar-refractivity contribution >= 4 is 17.5 Å². The maximum absolute atomic E-state index is 11.9. The minimum Gasteiger partial charge on any atom is -0.352 e. The SMILES string of the molecule is Cc1cc(C(=O)NCC(C)C)ccc1NC(=O)CN. The fourth-order valence-corrected chi connectivity index (χ4v) is 1.55. The molecule has 19 heavy (non-hydrogen) atoms. The first kappa shape index (κ1) is 15.2. The predicted molar refractivity (Wildman–Crippen MR) is 76.0 cm³/mol. The van der Waals surface area contributed by atoms with E-state index < -0.39 is 0 Å². The zero-order valence-corrected chi connectivity index (χ0v) is 11.6. The van der Waals surface area contributed by atoms with Gasteiger partial charge in [-0.25, -0.2) is 0 Å². The van der Waals surface area contributed by atoms with Gasteiger partial charge in [0.15, 0.2) is 0 Å². The fraction of sp³-hybridized carbons (Fsp3) is 0.429. The lowest BCUT2D eigenvalue weighted by Gasteiger charge is -2.11. The van der Waals surface area contributed by atoms with Crippen molar-refractivity contribution in [3.05, 3.63) is 29.3 Å². The molecule has 0 spiro atoms. The van der Waals surface area contributed by atoms with Crippen LogP contribution in [-0.2, 0) is 4.79 Å². The van der Waals surface area contributed by atoms with Gasteiger partial charge in [-0.2, -0.15) is 0 Å². The number of amides is 2. The molecule has 1 rings (SSSR count). The monoisotopic (exact) mass is 263 g/mol. The number of carbonyl (C=O) groups excluding carboxylic acids is 2. The van der Waals surface area contributed by atoms with Gasteiger partial charge in [0.25, 0.3) is 5.91 Å². The lowest BCUT2D eigenvalue weighted by atomic mass is 10.1. The molecule has 0 aliphatic rings. The number of hydrogen-bond acceptors (Lipinski definition) is 3. The molecule has 0 radical (unpaired) electrons. The normalized spacial score (nSPS) is 10.4. The lowest BCUT2D eigenvalue weighted by molar-refractivity contribution is -0.114. The summed E-state index contributed by atoms with van der Waals surface area (Å²) in [5, 5.41) is 5.53. The Morgan fingerprint density at radius 1 is 1.32 bits per heavy atom. The quantitative estimate of drug-likeness (QED) is 0.748. The van der Waals surface area contributed by atoms with Crippen LogP contribution in [0.2, 0.25) is 0 Å². The topological polar surface area (TPSA) is 84.2 Å². The molecule has 0 aliphatic heterocycles. The Bertz CT molecular complexity index is 470. The Kier molecular flexibility index (Phi) is 5.51. The molecule has 0 saturated heterocycles. The van der Waals surface area contributed by atoms with Crippen molar-refractivity contribution in [1.82, 2.24) is 5.32 Å². The number of hydrogen-bond donors (Lipinski definition) is 3. The van der Waals surface area contributed by atoms with Crippen LogP contribution in [0.3, 0.4) is 0 Å². The number of benzene rings is 1. The van der Waals surface area contributed by atoms with E-state index in [0.717, 1.165) is 5.56 Å². The van der Waals surface area contributed by atoms with Crippen LogP contribution in [0, 0.1) is 12.8 Å². The molecule has 2 amide bonds. The first-order chi connectivity index (χ1) is 8.93. The van der Waals surface area contributed by atoms with Crippen LogP contribution >= 0.6 is 0 Å². The molecule has 4 N–H and O–H groups in total. The van der Waals surface area contributed by atoms with Crippen LogP contribution < -0.4 is 16.4 Å². The molecular formula is C14H21N3O2. The highest BCUT2D eigenvalue weighted by atomic mass is 16.2. The minimum atomic E-state index is -0.250. The summed E-state index contributed by atoms with van der Waals surface area (Å²) in [7, 11) is 0. The number of rotatable bonds is 5. The summed E-state index contributed by atoms with van der Waals surface area (Å²) in [6.45, 7) is 6.50. The van der Waals surface area contributed by atoms with Gasteiger partial charge in [0.05, 0.1) is 6.54 Å². The molecule has 0 heterocycles. The number of nitrogens with two attached hydrogens (primary N) is 1. The summed E-state index contributed by atoms with van der Waals surface area (Å²) in [4.78, 5) is 23.1. The Labute approximate surface area is 113 Å². The second-order valence-electron chi connectivity index (χ2n) is 4.89. The van der Waals surface area contributed by atoms with Crippen LogP contribution in [0.25, 0.3) is 0 Å². The summed E-state index contributed by atoms with van der Waals surface area (Å²) >= 11 is 0. The van der Waals surface area contributed by atoms with Crippen LogP contribution in [0.15, 0.2) is 18.2 Å². The highest BCUT2D eigenvalue weighted by Crippen LogP contribution is 2.16. The lowest BCUT2D eigenvalue weighted by Crippen LogP contribution is -2.27. The van der Waals surface area contributed by atoms with E-state index in [1.165, 1.54) is 0 Å². The summed E-state index contributed by atoms with van der Waals surface area (Å²) in [6, 6.07) is 5.16. The van der Waals surface area contributed by atoms with E-state index >= 15 is 0 Å². The smallest absolute Gasteiger partial charge is 0.251 e. The number of nitrogens with one attached hydrogen (secondary N) is 2. The molecule has 0 aliphatic carbocycles. The van der Waals surface area contributed by atoms with Gasteiger partial charge in [-0.15, -0.1) is 0 Å². The van der Waals surface area contributed by atoms with Crippen LogP contribution in [0.1, 0.15) is 29.8 Å². The Morgan fingerprint density at radius 3 is 2.53 bits per heavy atom. The maximum Gasteiger partial charge on any atom is 0.251 e. The molecule has 0 fully saturated rings. The third-order valence-electron chi connectivity index (χ3n) is 2.62. The second-order valence-corrected chi connectivity index (χ2v) is 4.89. The maximum atomic E-state index is 11.9. The van der Waals surface area contributed by atoms with Gasteiger partial charge in [-0.05, 0) is 36.6 Å². The molecule has 1 aromatic rings. The Hall–Kier alpha value is -1.88. The molecule has 104 valence electrons. The van der Waals surface area contributed by atoms with Gasteiger partial charge in [0.2, 0.25) is 5.91 Å². The van der Waals surface area contributed by atoms with E-state index in [4.69, 9.17) is 5.73 Å². The van der Waals surface area contributed by atoms with E-state index in [-0.39, 0.29) is 18.4 Å². The molecule has 0 unspecified atom stereocenters. The van der Waals surface area contributed by atoms with Crippen molar-refractivity contribution in [3.8, 4) is 0 Å². The van der Waals surface area contributed by atoms with Crippen LogP contribution in [-0.4, -0.2) is 24.9 Å². The van der Waals surface area contributed by atoms with Crippen molar-refractivity contribution < 1.29 is 9.59 Å². The molecule has 0 bridgehead atoms. The zero-order chi connectivity index (χ0) is 14.4. The zero-order valence-electron chi connectivity index (χ0n) is 11.6. The van der Waals surface area contributed by atoms with E-state index in [9.17, 15) is 9.59 Å².